The third kappa shape index (κ3) is 1.92. The molecule has 1 aliphatic rings. The van der Waals surface area contributed by atoms with Crippen molar-refractivity contribution in [3.05, 3.63) is 82.3 Å². The lowest BCUT2D eigenvalue weighted by atomic mass is 9.98. The second kappa shape index (κ2) is 4.75. The van der Waals surface area contributed by atoms with Gasteiger partial charge in [-0.2, -0.15) is 8.78 Å². The van der Waals surface area contributed by atoms with E-state index in [0.717, 1.165) is 11.1 Å². The predicted octanol–water partition coefficient (Wildman–Crippen LogP) is 6.24. The number of alkyl halides is 2. The summed E-state index contributed by atoms with van der Waals surface area (Å²) in [6.45, 7) is 0. The summed E-state index contributed by atoms with van der Waals surface area (Å²) in [5.74, 6) is -2.96. The summed E-state index contributed by atoms with van der Waals surface area (Å²) in [4.78, 5) is 0. The van der Waals surface area contributed by atoms with Gasteiger partial charge in [0, 0.05) is 15.6 Å². The van der Waals surface area contributed by atoms with E-state index in [1.807, 2.05) is 36.4 Å². The zero-order chi connectivity index (χ0) is 15.3. The van der Waals surface area contributed by atoms with Gasteiger partial charge in [-0.05, 0) is 40.5 Å². The van der Waals surface area contributed by atoms with E-state index in [-0.39, 0.29) is 11.1 Å². The number of rotatable bonds is 1. The van der Waals surface area contributed by atoms with Crippen molar-refractivity contribution in [2.75, 3.05) is 0 Å². The van der Waals surface area contributed by atoms with Gasteiger partial charge in [0.05, 0.1) is 0 Å². The van der Waals surface area contributed by atoms with Gasteiger partial charge in [0.1, 0.15) is 0 Å². The van der Waals surface area contributed by atoms with Gasteiger partial charge in [0.15, 0.2) is 0 Å². The van der Waals surface area contributed by atoms with E-state index >= 15 is 0 Å². The van der Waals surface area contributed by atoms with Gasteiger partial charge < -0.3 is 0 Å². The molecule has 22 heavy (non-hydrogen) atoms. The molecular weight excluding hydrogens is 346 g/mol. The Labute approximate surface area is 135 Å². The van der Waals surface area contributed by atoms with Gasteiger partial charge >= 0.3 is 0 Å². The predicted molar refractivity (Wildman–Crippen MR) is 88.0 cm³/mol. The Kier molecular flexibility index (Phi) is 2.95. The smallest absolute Gasteiger partial charge is 0.196 e. The van der Waals surface area contributed by atoms with Crippen LogP contribution in [0.4, 0.5) is 8.78 Å². The molecule has 0 amide bonds. The van der Waals surface area contributed by atoms with Crippen molar-refractivity contribution in [1.29, 1.82) is 0 Å². The summed E-state index contributed by atoms with van der Waals surface area (Å²) >= 11 is 3.28. The highest BCUT2D eigenvalue weighted by Gasteiger charge is 2.44. The first-order valence-electron chi connectivity index (χ1n) is 6.95. The Bertz CT molecular complexity index is 870. The quantitative estimate of drug-likeness (QED) is 0.484. The van der Waals surface area contributed by atoms with Crippen molar-refractivity contribution in [1.82, 2.24) is 0 Å². The zero-order valence-corrected chi connectivity index (χ0v) is 13.1. The average molecular weight is 357 g/mol. The Hall–Kier alpha value is -2.00. The monoisotopic (exact) mass is 356 g/mol. The van der Waals surface area contributed by atoms with E-state index in [4.69, 9.17) is 0 Å². The average Bonchev–Trinajstić information content (AvgIpc) is 2.76. The number of fused-ring (bicyclic) bond motifs is 3. The third-order valence-corrected chi connectivity index (χ3v) is 4.57. The number of halogens is 3. The summed E-state index contributed by atoms with van der Waals surface area (Å²) < 4.78 is 30.2. The fraction of sp³-hybridized carbons (Fsp3) is 0.0526. The SMILES string of the molecule is FC1(F)c2cc(Br)ccc2-c2ccc(-c3ccccc3)cc21. The van der Waals surface area contributed by atoms with Crippen LogP contribution in [0.1, 0.15) is 11.1 Å². The summed E-state index contributed by atoms with van der Waals surface area (Å²) in [7, 11) is 0. The van der Waals surface area contributed by atoms with Gasteiger partial charge in [0.2, 0.25) is 0 Å². The Morgan fingerprint density at radius 1 is 0.682 bits per heavy atom. The molecule has 0 fully saturated rings. The molecule has 0 N–H and O–H groups in total. The van der Waals surface area contributed by atoms with Crippen LogP contribution in [-0.4, -0.2) is 0 Å². The minimum absolute atomic E-state index is 0.0714. The molecule has 0 aromatic heterocycles. The van der Waals surface area contributed by atoms with Crippen molar-refractivity contribution < 1.29 is 8.78 Å². The number of benzene rings is 3. The topological polar surface area (TPSA) is 0 Å². The minimum Gasteiger partial charge on any atom is -0.196 e. The fourth-order valence-corrected chi connectivity index (χ4v) is 3.37. The van der Waals surface area contributed by atoms with Gasteiger partial charge in [-0.3, -0.25) is 0 Å². The van der Waals surface area contributed by atoms with Crippen LogP contribution in [-0.2, 0) is 5.92 Å². The molecule has 0 saturated heterocycles. The Balaban J connectivity index is 1.93. The van der Waals surface area contributed by atoms with Crippen LogP contribution >= 0.6 is 15.9 Å². The molecule has 0 spiro atoms. The fourth-order valence-electron chi connectivity index (χ4n) is 3.01. The van der Waals surface area contributed by atoms with E-state index in [2.05, 4.69) is 15.9 Å². The highest BCUT2D eigenvalue weighted by atomic mass is 79.9. The highest BCUT2D eigenvalue weighted by Crippen LogP contribution is 2.52. The van der Waals surface area contributed by atoms with Crippen molar-refractivity contribution >= 4 is 15.9 Å². The molecular formula is C19H11BrF2. The van der Waals surface area contributed by atoms with Crippen molar-refractivity contribution in [3.63, 3.8) is 0 Å². The largest absolute Gasteiger partial charge is 0.299 e. The first-order valence-corrected chi connectivity index (χ1v) is 7.75. The standard InChI is InChI=1S/C19H11BrF2/c20-14-7-9-16-15-8-6-13(12-4-2-1-3-5-12)10-17(15)19(21,22)18(16)11-14/h1-11H. The molecule has 4 rings (SSSR count). The van der Waals surface area contributed by atoms with Gasteiger partial charge in [-0.25, -0.2) is 0 Å². The summed E-state index contributed by atoms with van der Waals surface area (Å²) in [5.41, 5.74) is 3.14. The minimum atomic E-state index is -2.96. The van der Waals surface area contributed by atoms with Crippen LogP contribution in [0.25, 0.3) is 22.3 Å². The number of hydrogen-bond acceptors (Lipinski definition) is 0. The summed E-state index contributed by atoms with van der Waals surface area (Å²) in [6.07, 6.45) is 0. The summed E-state index contributed by atoms with van der Waals surface area (Å²) in [5, 5.41) is 0. The molecule has 3 heteroatoms. The third-order valence-electron chi connectivity index (χ3n) is 4.08. The molecule has 0 heterocycles. The van der Waals surface area contributed by atoms with Crippen LogP contribution in [0.2, 0.25) is 0 Å². The molecule has 0 unspecified atom stereocenters. The number of hydrogen-bond donors (Lipinski definition) is 0. The molecule has 0 aliphatic heterocycles. The molecule has 108 valence electrons. The molecule has 0 bridgehead atoms. The Morgan fingerprint density at radius 3 is 2.05 bits per heavy atom. The molecule has 0 atom stereocenters. The maximum absolute atomic E-state index is 14.8. The maximum Gasteiger partial charge on any atom is 0.299 e. The van der Waals surface area contributed by atoms with Crippen molar-refractivity contribution in [3.8, 4) is 22.3 Å². The van der Waals surface area contributed by atoms with E-state index in [0.29, 0.717) is 15.6 Å². The van der Waals surface area contributed by atoms with Gasteiger partial charge in [-0.15, -0.1) is 0 Å². The zero-order valence-electron chi connectivity index (χ0n) is 11.5. The van der Waals surface area contributed by atoms with E-state index in [9.17, 15) is 8.78 Å². The lowest BCUT2D eigenvalue weighted by Crippen LogP contribution is -2.11. The second-order valence-corrected chi connectivity index (χ2v) is 6.31. The van der Waals surface area contributed by atoms with E-state index in [1.54, 1.807) is 24.3 Å². The first-order chi connectivity index (χ1) is 10.6. The Morgan fingerprint density at radius 2 is 1.32 bits per heavy atom. The van der Waals surface area contributed by atoms with Crippen LogP contribution in [0.5, 0.6) is 0 Å². The molecule has 1 aliphatic carbocycles. The molecule has 3 aromatic rings. The van der Waals surface area contributed by atoms with Gasteiger partial charge in [-0.1, -0.05) is 64.5 Å². The van der Waals surface area contributed by atoms with Crippen LogP contribution in [0.15, 0.2) is 71.2 Å². The first kappa shape index (κ1) is 13.6. The maximum atomic E-state index is 14.8. The van der Waals surface area contributed by atoms with Crippen LogP contribution in [0, 0.1) is 0 Å². The lowest BCUT2D eigenvalue weighted by Gasteiger charge is -2.13. The molecule has 3 aromatic carbocycles. The molecule has 0 nitrogen and oxygen atoms in total. The summed E-state index contributed by atoms with van der Waals surface area (Å²) in [6, 6.07) is 20.0. The normalized spacial score (nSPS) is 14.5. The van der Waals surface area contributed by atoms with Crippen LogP contribution in [0.3, 0.4) is 0 Å². The molecule has 0 saturated carbocycles. The highest BCUT2D eigenvalue weighted by molar-refractivity contribution is 9.10. The second-order valence-electron chi connectivity index (χ2n) is 5.39. The van der Waals surface area contributed by atoms with Crippen LogP contribution < -0.4 is 0 Å². The molecule has 0 radical (unpaired) electrons. The van der Waals surface area contributed by atoms with E-state index < -0.39 is 5.92 Å². The van der Waals surface area contributed by atoms with Gasteiger partial charge in [0.25, 0.3) is 5.92 Å². The van der Waals surface area contributed by atoms with E-state index in [1.165, 1.54) is 6.07 Å². The van der Waals surface area contributed by atoms with Crippen molar-refractivity contribution in [2.24, 2.45) is 0 Å². The van der Waals surface area contributed by atoms with Crippen molar-refractivity contribution in [2.45, 2.75) is 5.92 Å². The lowest BCUT2D eigenvalue weighted by molar-refractivity contribution is 0.0480.